The number of aliphatic hydroxyl groups excluding tert-OH is 1. The summed E-state index contributed by atoms with van der Waals surface area (Å²) in [7, 11) is 0. The predicted molar refractivity (Wildman–Crippen MR) is 79.5 cm³/mol. The molecule has 1 atom stereocenters. The molecule has 0 aromatic carbocycles. The van der Waals surface area contributed by atoms with Gasteiger partial charge in [-0.3, -0.25) is 0 Å². The minimum absolute atomic E-state index is 0. The number of rotatable bonds is 3. The molecule has 4 bridgehead atoms. The van der Waals surface area contributed by atoms with Crippen molar-refractivity contribution >= 4 is 12.4 Å². The predicted octanol–water partition coefficient (Wildman–Crippen LogP) is 3.08. The van der Waals surface area contributed by atoms with Gasteiger partial charge in [0.05, 0.1) is 6.10 Å². The van der Waals surface area contributed by atoms with Crippen LogP contribution in [0.2, 0.25) is 0 Å². The van der Waals surface area contributed by atoms with Crippen LogP contribution in [0, 0.1) is 23.2 Å². The first-order valence-corrected chi connectivity index (χ1v) is 8.14. The fourth-order valence-corrected chi connectivity index (χ4v) is 5.99. The van der Waals surface area contributed by atoms with Crippen LogP contribution < -0.4 is 0 Å². The van der Waals surface area contributed by atoms with Crippen LogP contribution >= 0.6 is 12.4 Å². The minimum Gasteiger partial charge on any atom is -0.391 e. The molecule has 5 fully saturated rings. The summed E-state index contributed by atoms with van der Waals surface area (Å²) in [6, 6.07) is 0. The maximum Gasteiger partial charge on any atom is 0.0723 e. The summed E-state index contributed by atoms with van der Waals surface area (Å²) in [6.07, 6.45) is 11.1. The summed E-state index contributed by atoms with van der Waals surface area (Å²) in [5, 5.41) is 10.8. The molecule has 4 aliphatic carbocycles. The highest BCUT2D eigenvalue weighted by Crippen LogP contribution is 2.61. The third kappa shape index (κ3) is 2.45. The van der Waals surface area contributed by atoms with E-state index in [2.05, 4.69) is 4.90 Å². The molecule has 1 saturated heterocycles. The molecule has 4 saturated carbocycles. The summed E-state index contributed by atoms with van der Waals surface area (Å²) in [5.41, 5.74) is 0.331. The largest absolute Gasteiger partial charge is 0.391 e. The number of aliphatic hydroxyl groups is 1. The third-order valence-electron chi connectivity index (χ3n) is 6.42. The highest BCUT2D eigenvalue weighted by atomic mass is 35.5. The van der Waals surface area contributed by atoms with Crippen molar-refractivity contribution in [3.63, 3.8) is 0 Å². The molecule has 2 nitrogen and oxygen atoms in total. The standard InChI is InChI=1S/C16H27NO.ClH/c18-15(11-17-3-1-2-4-17)16-8-12-5-13(9-16)7-14(6-12)10-16;/h12-15,18H,1-11H2;1H. The number of halogens is 1. The molecule has 5 rings (SSSR count). The lowest BCUT2D eigenvalue weighted by Crippen LogP contribution is -2.54. The lowest BCUT2D eigenvalue weighted by atomic mass is 9.48. The van der Waals surface area contributed by atoms with Gasteiger partial charge in [0.25, 0.3) is 0 Å². The normalized spacial score (nSPS) is 46.3. The van der Waals surface area contributed by atoms with E-state index in [-0.39, 0.29) is 18.5 Å². The monoisotopic (exact) mass is 285 g/mol. The van der Waals surface area contributed by atoms with Crippen molar-refractivity contribution in [1.82, 2.24) is 4.90 Å². The topological polar surface area (TPSA) is 23.5 Å². The number of β-amino-alcohol motifs (C(OH)–C–C–N with tert-alkyl or cyclic N) is 1. The van der Waals surface area contributed by atoms with E-state index in [1.54, 1.807) is 0 Å². The van der Waals surface area contributed by atoms with Gasteiger partial charge >= 0.3 is 0 Å². The Kier molecular flexibility index (Phi) is 3.87. The second-order valence-electron chi connectivity index (χ2n) is 7.80. The van der Waals surface area contributed by atoms with Crippen LogP contribution in [0.3, 0.4) is 0 Å². The molecule has 0 radical (unpaired) electrons. The first-order valence-electron chi connectivity index (χ1n) is 8.14. The first kappa shape index (κ1) is 14.2. The van der Waals surface area contributed by atoms with Crippen LogP contribution in [0.15, 0.2) is 0 Å². The molecular formula is C16H28ClNO. The first-order chi connectivity index (χ1) is 8.73. The number of hydrogen-bond donors (Lipinski definition) is 1. The van der Waals surface area contributed by atoms with Crippen molar-refractivity contribution in [2.75, 3.05) is 19.6 Å². The fourth-order valence-electron chi connectivity index (χ4n) is 5.99. The van der Waals surface area contributed by atoms with Gasteiger partial charge in [-0.2, -0.15) is 0 Å². The smallest absolute Gasteiger partial charge is 0.0723 e. The van der Waals surface area contributed by atoms with Gasteiger partial charge < -0.3 is 10.0 Å². The molecule has 1 unspecified atom stereocenters. The summed E-state index contributed by atoms with van der Waals surface area (Å²) in [4.78, 5) is 2.50. The van der Waals surface area contributed by atoms with Crippen LogP contribution in [0.5, 0.6) is 0 Å². The Morgan fingerprint density at radius 1 is 0.947 bits per heavy atom. The Labute approximate surface area is 123 Å². The van der Waals surface area contributed by atoms with Crippen LogP contribution in [-0.2, 0) is 0 Å². The zero-order valence-electron chi connectivity index (χ0n) is 11.9. The molecule has 1 N–H and O–H groups in total. The number of hydrogen-bond acceptors (Lipinski definition) is 2. The summed E-state index contributed by atoms with van der Waals surface area (Å²) < 4.78 is 0. The lowest BCUT2D eigenvalue weighted by Gasteiger charge is -2.58. The van der Waals surface area contributed by atoms with Gasteiger partial charge in [0.1, 0.15) is 0 Å². The van der Waals surface area contributed by atoms with Crippen molar-refractivity contribution in [3.05, 3.63) is 0 Å². The Hall–Kier alpha value is 0.210. The van der Waals surface area contributed by atoms with Gasteiger partial charge in [0, 0.05) is 6.54 Å². The van der Waals surface area contributed by atoms with Gasteiger partial charge in [-0.05, 0) is 87.6 Å². The van der Waals surface area contributed by atoms with Crippen LogP contribution in [0.25, 0.3) is 0 Å². The molecule has 19 heavy (non-hydrogen) atoms. The Bertz CT molecular complexity index is 291. The maximum absolute atomic E-state index is 10.8. The second-order valence-corrected chi connectivity index (χ2v) is 7.80. The Morgan fingerprint density at radius 3 is 1.89 bits per heavy atom. The molecule has 110 valence electrons. The van der Waals surface area contributed by atoms with E-state index in [1.165, 1.54) is 64.5 Å². The van der Waals surface area contributed by atoms with Gasteiger partial charge in [0.2, 0.25) is 0 Å². The minimum atomic E-state index is -0.0380. The van der Waals surface area contributed by atoms with Gasteiger partial charge in [-0.15, -0.1) is 12.4 Å². The molecule has 0 aromatic rings. The van der Waals surface area contributed by atoms with Gasteiger partial charge in [0.15, 0.2) is 0 Å². The van der Waals surface area contributed by atoms with Crippen molar-refractivity contribution < 1.29 is 5.11 Å². The molecule has 0 spiro atoms. The highest BCUT2D eigenvalue weighted by molar-refractivity contribution is 5.85. The van der Waals surface area contributed by atoms with Crippen LogP contribution in [0.4, 0.5) is 0 Å². The van der Waals surface area contributed by atoms with Gasteiger partial charge in [-0.1, -0.05) is 0 Å². The summed E-state index contributed by atoms with van der Waals surface area (Å²) >= 11 is 0. The van der Waals surface area contributed by atoms with E-state index >= 15 is 0 Å². The van der Waals surface area contributed by atoms with E-state index in [9.17, 15) is 5.11 Å². The highest BCUT2D eigenvalue weighted by Gasteiger charge is 2.54. The van der Waals surface area contributed by atoms with Gasteiger partial charge in [-0.25, -0.2) is 0 Å². The Balaban J connectivity index is 0.00000110. The van der Waals surface area contributed by atoms with E-state index in [0.29, 0.717) is 5.41 Å². The van der Waals surface area contributed by atoms with Crippen molar-refractivity contribution in [3.8, 4) is 0 Å². The zero-order valence-corrected chi connectivity index (χ0v) is 12.7. The summed E-state index contributed by atoms with van der Waals surface area (Å²) in [6.45, 7) is 3.42. The number of likely N-dealkylation sites (tertiary alicyclic amines) is 1. The fraction of sp³-hybridized carbons (Fsp3) is 1.00. The molecule has 3 heteroatoms. The second kappa shape index (κ2) is 5.20. The lowest BCUT2D eigenvalue weighted by molar-refractivity contribution is -0.125. The molecule has 0 aromatic heterocycles. The van der Waals surface area contributed by atoms with E-state index in [1.807, 2.05) is 0 Å². The zero-order chi connectivity index (χ0) is 12.2. The van der Waals surface area contributed by atoms with E-state index < -0.39 is 0 Å². The maximum atomic E-state index is 10.8. The van der Waals surface area contributed by atoms with E-state index in [4.69, 9.17) is 0 Å². The number of nitrogens with zero attached hydrogens (tertiary/aromatic N) is 1. The molecule has 5 aliphatic rings. The van der Waals surface area contributed by atoms with Crippen molar-refractivity contribution in [2.24, 2.45) is 23.2 Å². The van der Waals surface area contributed by atoms with Crippen molar-refractivity contribution in [1.29, 1.82) is 0 Å². The van der Waals surface area contributed by atoms with Crippen LogP contribution in [0.1, 0.15) is 51.4 Å². The SMILES string of the molecule is Cl.OC(CN1CCCC1)C12CC3CC(CC(C3)C1)C2. The molecule has 0 amide bonds. The average Bonchev–Trinajstić information content (AvgIpc) is 2.79. The quantitative estimate of drug-likeness (QED) is 0.861. The van der Waals surface area contributed by atoms with Crippen LogP contribution in [-0.4, -0.2) is 35.7 Å². The summed E-state index contributed by atoms with van der Waals surface area (Å²) in [5.74, 6) is 2.89. The average molecular weight is 286 g/mol. The van der Waals surface area contributed by atoms with Crippen molar-refractivity contribution in [2.45, 2.75) is 57.5 Å². The Morgan fingerprint density at radius 2 is 1.42 bits per heavy atom. The molecule has 1 heterocycles. The molecule has 1 aliphatic heterocycles. The molecular weight excluding hydrogens is 258 g/mol. The van der Waals surface area contributed by atoms with E-state index in [0.717, 1.165) is 24.3 Å². The third-order valence-corrected chi connectivity index (χ3v) is 6.42.